The quantitative estimate of drug-likeness (QED) is 0.516. The second-order valence-electron chi connectivity index (χ2n) is 5.67. The Morgan fingerprint density at radius 3 is 2.48 bits per heavy atom. The molecule has 6 nitrogen and oxygen atoms in total. The third-order valence-electron chi connectivity index (χ3n) is 3.63. The normalized spacial score (nSPS) is 10.7. The Morgan fingerprint density at radius 1 is 1.04 bits per heavy atom. The van der Waals surface area contributed by atoms with Crippen molar-refractivity contribution in [2.45, 2.75) is 6.61 Å². The fraction of sp³-hybridized carbons (Fsp3) is 0.0952. The lowest BCUT2D eigenvalue weighted by atomic mass is 10.2. The van der Waals surface area contributed by atoms with Crippen molar-refractivity contribution in [3.8, 4) is 11.3 Å². The molecule has 0 unspecified atom stereocenters. The van der Waals surface area contributed by atoms with Crippen LogP contribution in [0, 0.1) is 0 Å². The molecule has 0 radical (unpaired) electrons. The van der Waals surface area contributed by atoms with Crippen molar-refractivity contribution >= 4 is 18.0 Å². The molecule has 0 aliphatic heterocycles. The average molecular weight is 362 g/mol. The molecule has 0 bridgehead atoms. The summed E-state index contributed by atoms with van der Waals surface area (Å²) in [6.45, 7) is -0.244. The minimum atomic E-state index is -0.555. The van der Waals surface area contributed by atoms with Crippen LogP contribution >= 0.6 is 0 Å². The van der Waals surface area contributed by atoms with E-state index < -0.39 is 5.97 Å². The first-order chi connectivity index (χ1) is 13.2. The van der Waals surface area contributed by atoms with Crippen LogP contribution in [0.1, 0.15) is 11.3 Å². The van der Waals surface area contributed by atoms with E-state index >= 15 is 0 Å². The summed E-state index contributed by atoms with van der Waals surface area (Å²) in [7, 11) is 0. The number of carbonyl (C=O) groups excluding carboxylic acids is 2. The van der Waals surface area contributed by atoms with E-state index in [2.05, 4.69) is 10.5 Å². The molecule has 6 heteroatoms. The van der Waals surface area contributed by atoms with Gasteiger partial charge in [-0.3, -0.25) is 9.59 Å². The van der Waals surface area contributed by atoms with Crippen molar-refractivity contribution in [2.24, 2.45) is 0 Å². The molecule has 1 N–H and O–H groups in total. The van der Waals surface area contributed by atoms with Gasteiger partial charge in [-0.05, 0) is 11.6 Å². The number of rotatable bonds is 7. The zero-order valence-corrected chi connectivity index (χ0v) is 14.5. The fourth-order valence-electron chi connectivity index (χ4n) is 2.28. The average Bonchev–Trinajstić information content (AvgIpc) is 3.20. The van der Waals surface area contributed by atoms with E-state index in [4.69, 9.17) is 9.26 Å². The summed E-state index contributed by atoms with van der Waals surface area (Å²) in [6.07, 6.45) is 3.04. The van der Waals surface area contributed by atoms with Crippen molar-refractivity contribution in [3.05, 3.63) is 84.1 Å². The van der Waals surface area contributed by atoms with E-state index in [0.717, 1.165) is 11.1 Å². The Morgan fingerprint density at radius 2 is 1.74 bits per heavy atom. The van der Waals surface area contributed by atoms with E-state index in [0.29, 0.717) is 11.5 Å². The molecule has 0 atom stereocenters. The largest absolute Gasteiger partial charge is 0.458 e. The highest BCUT2D eigenvalue weighted by atomic mass is 16.5. The maximum absolute atomic E-state index is 11.8. The maximum Gasteiger partial charge on any atom is 0.325 e. The lowest BCUT2D eigenvalue weighted by Crippen LogP contribution is -2.29. The topological polar surface area (TPSA) is 81.4 Å². The van der Waals surface area contributed by atoms with Gasteiger partial charge in [-0.1, -0.05) is 65.8 Å². The first-order valence-corrected chi connectivity index (χ1v) is 8.38. The fourth-order valence-corrected chi connectivity index (χ4v) is 2.28. The van der Waals surface area contributed by atoms with Gasteiger partial charge in [0, 0.05) is 17.7 Å². The van der Waals surface area contributed by atoms with Gasteiger partial charge in [-0.25, -0.2) is 0 Å². The molecule has 0 aliphatic carbocycles. The molecule has 27 heavy (non-hydrogen) atoms. The predicted octanol–water partition coefficient (Wildman–Crippen LogP) is 3.21. The smallest absolute Gasteiger partial charge is 0.325 e. The lowest BCUT2D eigenvalue weighted by molar-refractivity contribution is -0.145. The van der Waals surface area contributed by atoms with Crippen molar-refractivity contribution in [2.75, 3.05) is 6.54 Å². The molecule has 0 fully saturated rings. The van der Waals surface area contributed by atoms with Crippen LogP contribution < -0.4 is 5.32 Å². The highest BCUT2D eigenvalue weighted by Crippen LogP contribution is 2.19. The Bertz CT molecular complexity index is 918. The van der Waals surface area contributed by atoms with Crippen molar-refractivity contribution in [3.63, 3.8) is 0 Å². The van der Waals surface area contributed by atoms with E-state index in [1.165, 1.54) is 6.08 Å². The summed E-state index contributed by atoms with van der Waals surface area (Å²) < 4.78 is 10.3. The van der Waals surface area contributed by atoms with E-state index in [1.54, 1.807) is 12.1 Å². The number of aromatic nitrogens is 1. The molecule has 3 rings (SSSR count). The van der Waals surface area contributed by atoms with E-state index in [9.17, 15) is 9.59 Å². The molecule has 0 saturated heterocycles. The summed E-state index contributed by atoms with van der Waals surface area (Å²) in [6, 6.07) is 20.6. The minimum absolute atomic E-state index is 0.0229. The van der Waals surface area contributed by atoms with Gasteiger partial charge >= 0.3 is 5.97 Å². The van der Waals surface area contributed by atoms with Gasteiger partial charge < -0.3 is 14.6 Å². The van der Waals surface area contributed by atoms with Crippen LogP contribution in [0.5, 0.6) is 0 Å². The van der Waals surface area contributed by atoms with Crippen LogP contribution in [0.3, 0.4) is 0 Å². The van der Waals surface area contributed by atoms with Crippen LogP contribution in [0.25, 0.3) is 17.4 Å². The molecular formula is C21H18N2O4. The molecule has 1 aromatic heterocycles. The van der Waals surface area contributed by atoms with E-state index in [-0.39, 0.29) is 19.1 Å². The van der Waals surface area contributed by atoms with Gasteiger partial charge in [0.1, 0.15) is 18.8 Å². The maximum atomic E-state index is 11.8. The Labute approximate surface area is 156 Å². The van der Waals surface area contributed by atoms with Crippen LogP contribution in [-0.4, -0.2) is 23.6 Å². The van der Waals surface area contributed by atoms with Crippen molar-refractivity contribution in [1.82, 2.24) is 10.5 Å². The number of nitrogens with zero attached hydrogens (tertiary/aromatic N) is 1. The standard InChI is InChI=1S/C21H18N2O4/c24-20(12-11-16-7-3-1-4-8-16)22-14-21(25)26-15-18-13-19(27-23-18)17-9-5-2-6-10-17/h1-13H,14-15H2,(H,22,24)/b12-11+. The number of amides is 1. The Balaban J connectivity index is 1.42. The van der Waals surface area contributed by atoms with Gasteiger partial charge in [0.2, 0.25) is 5.91 Å². The van der Waals surface area contributed by atoms with Gasteiger partial charge in [0.05, 0.1) is 0 Å². The van der Waals surface area contributed by atoms with Gasteiger partial charge in [-0.15, -0.1) is 0 Å². The molecule has 1 heterocycles. The molecular weight excluding hydrogens is 344 g/mol. The number of hydrogen-bond acceptors (Lipinski definition) is 5. The first kappa shape index (κ1) is 18.1. The molecule has 0 aliphatic rings. The number of nitrogens with one attached hydrogen (secondary N) is 1. The number of carbonyl (C=O) groups is 2. The third-order valence-corrected chi connectivity index (χ3v) is 3.63. The number of esters is 1. The van der Waals surface area contributed by atoms with Gasteiger partial charge in [0.15, 0.2) is 5.76 Å². The van der Waals surface area contributed by atoms with Crippen LogP contribution in [0.4, 0.5) is 0 Å². The molecule has 136 valence electrons. The third kappa shape index (κ3) is 5.67. The predicted molar refractivity (Wildman–Crippen MR) is 100 cm³/mol. The first-order valence-electron chi connectivity index (χ1n) is 8.38. The zero-order valence-electron chi connectivity index (χ0n) is 14.5. The summed E-state index contributed by atoms with van der Waals surface area (Å²) in [5.74, 6) is -0.328. The van der Waals surface area contributed by atoms with Crippen LogP contribution in [0.2, 0.25) is 0 Å². The molecule has 0 spiro atoms. The SMILES string of the molecule is O=C(/C=C/c1ccccc1)NCC(=O)OCc1cc(-c2ccccc2)on1. The van der Waals surface area contributed by atoms with Crippen molar-refractivity contribution < 1.29 is 18.8 Å². The number of hydrogen-bond donors (Lipinski definition) is 1. The van der Waals surface area contributed by atoms with E-state index in [1.807, 2.05) is 60.7 Å². The molecule has 2 aromatic carbocycles. The highest BCUT2D eigenvalue weighted by Gasteiger charge is 2.09. The number of ether oxygens (including phenoxy) is 1. The van der Waals surface area contributed by atoms with Crippen LogP contribution in [-0.2, 0) is 20.9 Å². The summed E-state index contributed by atoms with van der Waals surface area (Å²) in [5.41, 5.74) is 2.29. The Kier molecular flexibility index (Phi) is 6.14. The molecule has 1 amide bonds. The van der Waals surface area contributed by atoms with Gasteiger partial charge in [0.25, 0.3) is 0 Å². The monoisotopic (exact) mass is 362 g/mol. The second-order valence-corrected chi connectivity index (χ2v) is 5.67. The summed E-state index contributed by atoms with van der Waals surface area (Å²) >= 11 is 0. The highest BCUT2D eigenvalue weighted by molar-refractivity contribution is 5.93. The summed E-state index contributed by atoms with van der Waals surface area (Å²) in [5, 5.41) is 6.35. The summed E-state index contributed by atoms with van der Waals surface area (Å²) in [4.78, 5) is 23.5. The second kappa shape index (κ2) is 9.15. The van der Waals surface area contributed by atoms with Crippen LogP contribution in [0.15, 0.2) is 77.3 Å². The molecule has 3 aromatic rings. The number of benzene rings is 2. The zero-order chi connectivity index (χ0) is 18.9. The van der Waals surface area contributed by atoms with Crippen molar-refractivity contribution in [1.29, 1.82) is 0 Å². The Hall–Kier alpha value is -3.67. The van der Waals surface area contributed by atoms with Gasteiger partial charge in [-0.2, -0.15) is 0 Å². The minimum Gasteiger partial charge on any atom is -0.458 e. The molecule has 0 saturated carbocycles. The lowest BCUT2D eigenvalue weighted by Gasteiger charge is -2.03.